The van der Waals surface area contributed by atoms with E-state index in [4.69, 9.17) is 0 Å². The normalized spacial score (nSPS) is 15.2. The van der Waals surface area contributed by atoms with Crippen molar-refractivity contribution in [1.29, 1.82) is 0 Å². The van der Waals surface area contributed by atoms with Gasteiger partial charge in [0.15, 0.2) is 5.60 Å². The van der Waals surface area contributed by atoms with Gasteiger partial charge in [0.2, 0.25) is 0 Å². The predicted molar refractivity (Wildman–Crippen MR) is 61.1 cm³/mol. The Morgan fingerprint density at radius 1 is 1.22 bits per heavy atom. The molecule has 0 heterocycles. The molecule has 0 fully saturated rings. The number of carbonyl (C=O) groups is 1. The number of benzene rings is 1. The number of aliphatic hydroxyl groups is 1. The maximum Gasteiger partial charge on any atom is 0.417 e. The first kappa shape index (κ1) is 14.7. The zero-order valence-corrected chi connectivity index (χ0v) is 10.00. The maximum absolute atomic E-state index is 12.8. The second-order valence-electron chi connectivity index (χ2n) is 4.39. The number of aryl methyl sites for hydroxylation is 1. The van der Waals surface area contributed by atoms with Crippen molar-refractivity contribution >= 4 is 5.78 Å². The molecule has 0 saturated heterocycles. The van der Waals surface area contributed by atoms with Gasteiger partial charge in [0, 0.05) is 6.42 Å². The summed E-state index contributed by atoms with van der Waals surface area (Å²) in [4.78, 5) is 10.9. The Balaban J connectivity index is 2.77. The van der Waals surface area contributed by atoms with Crippen LogP contribution in [-0.2, 0) is 11.2 Å². The number of halogens is 3. The second kappa shape index (κ2) is 5.52. The molecule has 0 spiro atoms. The first-order valence-corrected chi connectivity index (χ1v) is 5.57. The molecular weight excluding hydrogens is 245 g/mol. The van der Waals surface area contributed by atoms with Gasteiger partial charge in [-0.1, -0.05) is 30.3 Å². The van der Waals surface area contributed by atoms with Crippen LogP contribution in [0.4, 0.5) is 13.2 Å². The molecule has 0 aliphatic carbocycles. The van der Waals surface area contributed by atoms with Crippen LogP contribution in [0.25, 0.3) is 0 Å². The van der Waals surface area contributed by atoms with Gasteiger partial charge >= 0.3 is 6.18 Å². The minimum atomic E-state index is -4.80. The number of ketones is 1. The van der Waals surface area contributed by atoms with Gasteiger partial charge in [-0.05, 0) is 25.3 Å². The van der Waals surface area contributed by atoms with Crippen LogP contribution in [0.15, 0.2) is 30.3 Å². The fraction of sp³-hybridized carbons (Fsp3) is 0.462. The topological polar surface area (TPSA) is 37.3 Å². The molecule has 0 aliphatic rings. The van der Waals surface area contributed by atoms with Crippen molar-refractivity contribution in [3.05, 3.63) is 35.9 Å². The summed E-state index contributed by atoms with van der Waals surface area (Å²) >= 11 is 0. The molecule has 2 nitrogen and oxygen atoms in total. The van der Waals surface area contributed by atoms with Gasteiger partial charge in [-0.2, -0.15) is 13.2 Å². The van der Waals surface area contributed by atoms with Gasteiger partial charge in [0.1, 0.15) is 5.78 Å². The minimum Gasteiger partial charge on any atom is -0.380 e. The lowest BCUT2D eigenvalue weighted by molar-refractivity contribution is -0.262. The molecule has 0 aromatic heterocycles. The molecule has 0 saturated carbocycles. The van der Waals surface area contributed by atoms with Crippen LogP contribution >= 0.6 is 0 Å². The first-order chi connectivity index (χ1) is 8.24. The monoisotopic (exact) mass is 260 g/mol. The maximum atomic E-state index is 12.8. The Morgan fingerprint density at radius 3 is 2.22 bits per heavy atom. The molecule has 1 rings (SSSR count). The van der Waals surface area contributed by atoms with E-state index in [0.717, 1.165) is 6.92 Å². The Labute approximate surface area is 103 Å². The van der Waals surface area contributed by atoms with E-state index < -0.39 is 30.4 Å². The third-order valence-electron chi connectivity index (χ3n) is 2.74. The van der Waals surface area contributed by atoms with Gasteiger partial charge in [-0.15, -0.1) is 0 Å². The molecule has 100 valence electrons. The van der Waals surface area contributed by atoms with Gasteiger partial charge < -0.3 is 5.11 Å². The van der Waals surface area contributed by atoms with E-state index in [-0.39, 0.29) is 6.42 Å². The van der Waals surface area contributed by atoms with Crippen molar-refractivity contribution in [2.75, 3.05) is 0 Å². The average Bonchev–Trinajstić information content (AvgIpc) is 2.25. The van der Waals surface area contributed by atoms with Gasteiger partial charge in [0.05, 0.1) is 0 Å². The Hall–Kier alpha value is -1.36. The lowest BCUT2D eigenvalue weighted by Crippen LogP contribution is -2.46. The van der Waals surface area contributed by atoms with Gasteiger partial charge in [0.25, 0.3) is 0 Å². The molecule has 0 amide bonds. The highest BCUT2D eigenvalue weighted by Gasteiger charge is 2.53. The van der Waals surface area contributed by atoms with Crippen molar-refractivity contribution in [2.24, 2.45) is 0 Å². The molecule has 1 atom stereocenters. The van der Waals surface area contributed by atoms with Gasteiger partial charge in [-0.3, -0.25) is 4.79 Å². The SMILES string of the molecule is CC(=O)CC(O)(CCc1ccccc1)C(F)(F)F. The Kier molecular flexibility index (Phi) is 4.51. The molecule has 1 aromatic carbocycles. The van der Waals surface area contributed by atoms with E-state index in [1.807, 2.05) is 0 Å². The van der Waals surface area contributed by atoms with Crippen LogP contribution in [0.1, 0.15) is 25.3 Å². The van der Waals surface area contributed by atoms with Crippen molar-refractivity contribution in [1.82, 2.24) is 0 Å². The molecule has 0 radical (unpaired) electrons. The van der Waals surface area contributed by atoms with Crippen molar-refractivity contribution in [2.45, 2.75) is 38.0 Å². The molecule has 18 heavy (non-hydrogen) atoms. The number of carbonyl (C=O) groups excluding carboxylic acids is 1. The van der Waals surface area contributed by atoms with Crippen LogP contribution in [-0.4, -0.2) is 22.7 Å². The molecule has 1 unspecified atom stereocenters. The van der Waals surface area contributed by atoms with E-state index in [1.54, 1.807) is 30.3 Å². The standard InChI is InChI=1S/C13H15F3O2/c1-10(17)9-12(18,13(14,15)16)8-7-11-5-3-2-4-6-11/h2-6,18H,7-9H2,1H3. The zero-order valence-electron chi connectivity index (χ0n) is 10.00. The molecule has 1 N–H and O–H groups in total. The molecular formula is C13H15F3O2. The highest BCUT2D eigenvalue weighted by atomic mass is 19.4. The van der Waals surface area contributed by atoms with Crippen LogP contribution in [0.5, 0.6) is 0 Å². The quantitative estimate of drug-likeness (QED) is 0.883. The zero-order chi connectivity index (χ0) is 13.8. The molecule has 0 aliphatic heterocycles. The summed E-state index contributed by atoms with van der Waals surface area (Å²) in [5, 5.41) is 9.63. The van der Waals surface area contributed by atoms with E-state index in [0.29, 0.717) is 5.56 Å². The fourth-order valence-electron chi connectivity index (χ4n) is 1.74. The smallest absolute Gasteiger partial charge is 0.380 e. The highest BCUT2D eigenvalue weighted by molar-refractivity contribution is 5.76. The number of hydrogen-bond donors (Lipinski definition) is 1. The van der Waals surface area contributed by atoms with Gasteiger partial charge in [-0.25, -0.2) is 0 Å². The summed E-state index contributed by atoms with van der Waals surface area (Å²) in [5.41, 5.74) is -2.24. The van der Waals surface area contributed by atoms with E-state index >= 15 is 0 Å². The third kappa shape index (κ3) is 3.84. The number of hydrogen-bond acceptors (Lipinski definition) is 2. The summed E-state index contributed by atoms with van der Waals surface area (Å²) in [6.45, 7) is 1.04. The summed E-state index contributed by atoms with van der Waals surface area (Å²) in [6, 6.07) is 8.56. The van der Waals surface area contributed by atoms with Crippen LogP contribution in [0.3, 0.4) is 0 Å². The van der Waals surface area contributed by atoms with Crippen molar-refractivity contribution < 1.29 is 23.1 Å². The largest absolute Gasteiger partial charge is 0.417 e. The highest BCUT2D eigenvalue weighted by Crippen LogP contribution is 2.36. The van der Waals surface area contributed by atoms with E-state index in [2.05, 4.69) is 0 Å². The van der Waals surface area contributed by atoms with Crippen molar-refractivity contribution in [3.63, 3.8) is 0 Å². The minimum absolute atomic E-state index is 0.0735. The fourth-order valence-corrected chi connectivity index (χ4v) is 1.74. The summed E-state index contributed by atoms with van der Waals surface area (Å²) in [6.07, 6.45) is -6.14. The average molecular weight is 260 g/mol. The van der Waals surface area contributed by atoms with Crippen LogP contribution in [0.2, 0.25) is 0 Å². The third-order valence-corrected chi connectivity index (χ3v) is 2.74. The predicted octanol–water partition coefficient (Wildman–Crippen LogP) is 2.89. The second-order valence-corrected chi connectivity index (χ2v) is 4.39. The van der Waals surface area contributed by atoms with E-state index in [9.17, 15) is 23.1 Å². The summed E-state index contributed by atoms with van der Waals surface area (Å²) in [5.74, 6) is -0.678. The molecule has 5 heteroatoms. The Bertz CT molecular complexity index is 400. The number of alkyl halides is 3. The van der Waals surface area contributed by atoms with Crippen LogP contribution in [0, 0.1) is 0 Å². The number of rotatable bonds is 5. The van der Waals surface area contributed by atoms with Crippen molar-refractivity contribution in [3.8, 4) is 0 Å². The van der Waals surface area contributed by atoms with E-state index in [1.165, 1.54) is 0 Å². The number of Topliss-reactive ketones (excluding diaryl/α,β-unsaturated/α-hetero) is 1. The molecule has 1 aromatic rings. The molecule has 0 bridgehead atoms. The lowest BCUT2D eigenvalue weighted by Gasteiger charge is -2.29. The van der Waals surface area contributed by atoms with Crippen LogP contribution < -0.4 is 0 Å². The first-order valence-electron chi connectivity index (χ1n) is 5.57. The lowest BCUT2D eigenvalue weighted by atomic mass is 9.89. The summed E-state index contributed by atoms with van der Waals surface area (Å²) < 4.78 is 38.3. The Morgan fingerprint density at radius 2 is 1.78 bits per heavy atom. The summed E-state index contributed by atoms with van der Waals surface area (Å²) in [7, 11) is 0.